The number of nitrogens with zero attached hydrogens (tertiary/aromatic N) is 1. The van der Waals surface area contributed by atoms with Crippen LogP contribution in [0.25, 0.3) is 0 Å². The van der Waals surface area contributed by atoms with Crippen molar-refractivity contribution in [2.45, 2.75) is 50.7 Å². The van der Waals surface area contributed by atoms with Gasteiger partial charge in [-0.1, -0.05) is 44.2 Å². The van der Waals surface area contributed by atoms with Gasteiger partial charge in [-0.25, -0.2) is 13.1 Å². The van der Waals surface area contributed by atoms with Crippen LogP contribution in [0, 0.1) is 0 Å². The summed E-state index contributed by atoms with van der Waals surface area (Å²) in [5.74, 6) is -0.291. The topological polar surface area (TPSA) is 78.5 Å². The minimum atomic E-state index is -3.57. The number of nitrogens with one attached hydrogen (secondary N) is 2. The number of benzene rings is 2. The summed E-state index contributed by atoms with van der Waals surface area (Å²) in [4.78, 5) is 15.0. The van der Waals surface area contributed by atoms with Crippen LogP contribution >= 0.6 is 0 Å². The summed E-state index contributed by atoms with van der Waals surface area (Å²) < 4.78 is 27.3. The Morgan fingerprint density at radius 2 is 1.69 bits per heavy atom. The molecule has 3 rings (SSSR count). The molecule has 2 aromatic rings. The van der Waals surface area contributed by atoms with Crippen molar-refractivity contribution < 1.29 is 13.2 Å². The number of hydrogen-bond donors (Lipinski definition) is 2. The standard InChI is InChI=1S/C22H29N3O3S/c1-3-25(4-2)16-18-10-8-17(9-11-18)15-23-22(26)19-6-5-7-21(14-19)29(27,28)24-20-12-13-20/h5-11,14,20,24H,3-4,12-13,15-16H2,1-2H3,(H,23,26). The first-order valence-electron chi connectivity index (χ1n) is 10.1. The number of rotatable bonds is 10. The van der Waals surface area contributed by atoms with Crippen LogP contribution in [-0.2, 0) is 23.1 Å². The maximum Gasteiger partial charge on any atom is 0.251 e. The molecule has 0 atom stereocenters. The SMILES string of the molecule is CCN(CC)Cc1ccc(CNC(=O)c2cccc(S(=O)(=O)NC3CC3)c2)cc1. The van der Waals surface area contributed by atoms with Crippen molar-refractivity contribution in [1.82, 2.24) is 14.9 Å². The Morgan fingerprint density at radius 1 is 1.03 bits per heavy atom. The zero-order chi connectivity index (χ0) is 20.9. The van der Waals surface area contributed by atoms with E-state index in [1.54, 1.807) is 12.1 Å². The maximum atomic E-state index is 12.5. The van der Waals surface area contributed by atoms with Crippen LogP contribution in [-0.4, -0.2) is 38.4 Å². The number of carbonyl (C=O) groups is 1. The van der Waals surface area contributed by atoms with Crippen LogP contribution in [0.3, 0.4) is 0 Å². The third-order valence-corrected chi connectivity index (χ3v) is 6.60. The Balaban J connectivity index is 1.58. The molecule has 7 heteroatoms. The average Bonchev–Trinajstić information content (AvgIpc) is 3.54. The van der Waals surface area contributed by atoms with Crippen molar-refractivity contribution >= 4 is 15.9 Å². The monoisotopic (exact) mass is 415 g/mol. The van der Waals surface area contributed by atoms with E-state index in [4.69, 9.17) is 0 Å². The Morgan fingerprint density at radius 3 is 2.31 bits per heavy atom. The van der Waals surface area contributed by atoms with E-state index in [1.165, 1.54) is 17.7 Å². The largest absolute Gasteiger partial charge is 0.348 e. The molecular formula is C22H29N3O3S. The molecule has 1 amide bonds. The van der Waals surface area contributed by atoms with E-state index in [0.29, 0.717) is 12.1 Å². The lowest BCUT2D eigenvalue weighted by molar-refractivity contribution is 0.0950. The second-order valence-electron chi connectivity index (χ2n) is 7.38. The minimum absolute atomic E-state index is 0.0298. The predicted octanol–water partition coefficient (Wildman–Crippen LogP) is 2.90. The maximum absolute atomic E-state index is 12.5. The molecule has 6 nitrogen and oxygen atoms in total. The summed E-state index contributed by atoms with van der Waals surface area (Å²) in [6, 6.07) is 14.4. The minimum Gasteiger partial charge on any atom is -0.348 e. The molecule has 156 valence electrons. The van der Waals surface area contributed by atoms with Crippen molar-refractivity contribution in [2.75, 3.05) is 13.1 Å². The molecule has 1 aliphatic rings. The summed E-state index contributed by atoms with van der Waals surface area (Å²) >= 11 is 0. The van der Waals surface area contributed by atoms with Crippen LogP contribution < -0.4 is 10.0 Å². The first-order valence-corrected chi connectivity index (χ1v) is 11.6. The van der Waals surface area contributed by atoms with Crippen molar-refractivity contribution in [3.63, 3.8) is 0 Å². The Labute approximate surface area is 173 Å². The van der Waals surface area contributed by atoms with Crippen LogP contribution in [0.4, 0.5) is 0 Å². The fourth-order valence-corrected chi connectivity index (χ4v) is 4.40. The lowest BCUT2D eigenvalue weighted by Gasteiger charge is -2.18. The van der Waals surface area contributed by atoms with Crippen molar-refractivity contribution in [1.29, 1.82) is 0 Å². The zero-order valence-electron chi connectivity index (χ0n) is 17.0. The molecule has 0 unspecified atom stereocenters. The van der Waals surface area contributed by atoms with E-state index in [0.717, 1.165) is 38.0 Å². The van der Waals surface area contributed by atoms with Crippen LogP contribution in [0.2, 0.25) is 0 Å². The fraction of sp³-hybridized carbons (Fsp3) is 0.409. The quantitative estimate of drug-likeness (QED) is 0.625. The van der Waals surface area contributed by atoms with E-state index < -0.39 is 10.0 Å². The Kier molecular flexibility index (Phi) is 7.05. The van der Waals surface area contributed by atoms with Crippen molar-refractivity contribution in [2.24, 2.45) is 0 Å². The van der Waals surface area contributed by atoms with Gasteiger partial charge in [0.05, 0.1) is 4.90 Å². The average molecular weight is 416 g/mol. The number of hydrogen-bond acceptors (Lipinski definition) is 4. The van der Waals surface area contributed by atoms with Gasteiger partial charge in [0.25, 0.3) is 5.91 Å². The van der Waals surface area contributed by atoms with Crippen LogP contribution in [0.1, 0.15) is 48.2 Å². The third-order valence-electron chi connectivity index (χ3n) is 5.08. The first-order chi connectivity index (χ1) is 13.9. The summed E-state index contributed by atoms with van der Waals surface area (Å²) in [5, 5.41) is 2.87. The smallest absolute Gasteiger partial charge is 0.251 e. The van der Waals surface area contributed by atoms with E-state index >= 15 is 0 Å². The molecule has 1 saturated carbocycles. The lowest BCUT2D eigenvalue weighted by atomic mass is 10.1. The molecule has 2 aromatic carbocycles. The molecule has 2 N–H and O–H groups in total. The molecule has 0 heterocycles. The summed E-state index contributed by atoms with van der Waals surface area (Å²) in [5.41, 5.74) is 2.58. The molecule has 29 heavy (non-hydrogen) atoms. The van der Waals surface area contributed by atoms with Gasteiger partial charge in [-0.15, -0.1) is 0 Å². The van der Waals surface area contributed by atoms with Gasteiger partial charge in [-0.3, -0.25) is 9.69 Å². The molecule has 0 saturated heterocycles. The highest BCUT2D eigenvalue weighted by Crippen LogP contribution is 2.22. The molecule has 0 bridgehead atoms. The van der Waals surface area contributed by atoms with Gasteiger partial charge in [-0.05, 0) is 55.3 Å². The molecule has 1 aliphatic carbocycles. The predicted molar refractivity (Wildman–Crippen MR) is 114 cm³/mol. The Bertz CT molecular complexity index is 934. The molecule has 0 aliphatic heterocycles. The van der Waals surface area contributed by atoms with E-state index in [1.807, 2.05) is 12.1 Å². The van der Waals surface area contributed by atoms with Gasteiger partial charge in [0, 0.05) is 24.7 Å². The van der Waals surface area contributed by atoms with Gasteiger partial charge in [0.2, 0.25) is 10.0 Å². The van der Waals surface area contributed by atoms with Crippen LogP contribution in [0.5, 0.6) is 0 Å². The number of sulfonamides is 1. The fourth-order valence-electron chi connectivity index (χ4n) is 3.05. The number of carbonyl (C=O) groups excluding carboxylic acids is 1. The second kappa shape index (κ2) is 9.52. The molecule has 0 radical (unpaired) electrons. The molecule has 0 spiro atoms. The Hall–Kier alpha value is -2.22. The van der Waals surface area contributed by atoms with Gasteiger partial charge in [-0.2, -0.15) is 0 Å². The van der Waals surface area contributed by atoms with Gasteiger partial charge in [0.15, 0.2) is 0 Å². The summed E-state index contributed by atoms with van der Waals surface area (Å²) in [7, 11) is -3.57. The normalized spacial score (nSPS) is 14.2. The molecule has 1 fully saturated rings. The first kappa shape index (κ1) is 21.5. The van der Waals surface area contributed by atoms with E-state index in [2.05, 4.69) is 40.9 Å². The highest BCUT2D eigenvalue weighted by Gasteiger charge is 2.28. The molecule has 0 aromatic heterocycles. The van der Waals surface area contributed by atoms with Crippen molar-refractivity contribution in [3.8, 4) is 0 Å². The lowest BCUT2D eigenvalue weighted by Crippen LogP contribution is -2.27. The summed E-state index contributed by atoms with van der Waals surface area (Å²) in [6.45, 7) is 7.63. The zero-order valence-corrected chi connectivity index (χ0v) is 17.8. The van der Waals surface area contributed by atoms with Gasteiger partial charge in [0.1, 0.15) is 0 Å². The molecular weight excluding hydrogens is 386 g/mol. The highest BCUT2D eigenvalue weighted by atomic mass is 32.2. The number of amides is 1. The van der Waals surface area contributed by atoms with Crippen molar-refractivity contribution in [3.05, 3.63) is 65.2 Å². The van der Waals surface area contributed by atoms with Crippen LogP contribution in [0.15, 0.2) is 53.4 Å². The third kappa shape index (κ3) is 6.13. The van der Waals surface area contributed by atoms with E-state index in [-0.39, 0.29) is 16.8 Å². The highest BCUT2D eigenvalue weighted by molar-refractivity contribution is 7.89. The van der Waals surface area contributed by atoms with Gasteiger partial charge < -0.3 is 5.32 Å². The van der Waals surface area contributed by atoms with Gasteiger partial charge >= 0.3 is 0 Å². The van der Waals surface area contributed by atoms with E-state index in [9.17, 15) is 13.2 Å². The second-order valence-corrected chi connectivity index (χ2v) is 9.10. The summed E-state index contributed by atoms with van der Waals surface area (Å²) in [6.07, 6.45) is 1.74.